The van der Waals surface area contributed by atoms with Gasteiger partial charge in [0.15, 0.2) is 11.5 Å². The summed E-state index contributed by atoms with van der Waals surface area (Å²) in [4.78, 5) is 26.2. The number of rotatable bonds is 5. The Morgan fingerprint density at radius 3 is 2.74 bits per heavy atom. The van der Waals surface area contributed by atoms with Crippen molar-refractivity contribution in [2.45, 2.75) is 13.3 Å². The van der Waals surface area contributed by atoms with Crippen LogP contribution in [0.2, 0.25) is 0 Å². The van der Waals surface area contributed by atoms with Crippen molar-refractivity contribution >= 4 is 23.7 Å². The topological polar surface area (TPSA) is 91.2 Å². The van der Waals surface area contributed by atoms with E-state index in [4.69, 9.17) is 4.74 Å². The van der Waals surface area contributed by atoms with Crippen LogP contribution in [0.25, 0.3) is 0 Å². The van der Waals surface area contributed by atoms with Gasteiger partial charge in [0.05, 0.1) is 19.2 Å². The molecule has 0 radical (unpaired) electrons. The summed E-state index contributed by atoms with van der Waals surface area (Å²) in [5.74, 6) is -0.639. The molecule has 1 heterocycles. The number of hydrogen-bond acceptors (Lipinski definition) is 5. The minimum absolute atomic E-state index is 0.0559. The van der Waals surface area contributed by atoms with Crippen LogP contribution < -0.4 is 15.1 Å². The zero-order valence-electron chi connectivity index (χ0n) is 15.2. The molecule has 2 N–H and O–H groups in total. The molecule has 3 rings (SSSR count). The summed E-state index contributed by atoms with van der Waals surface area (Å²) in [6.07, 6.45) is 1.48. The second-order valence-electron chi connectivity index (χ2n) is 6.37. The number of hydrogen-bond donors (Lipinski definition) is 2. The van der Waals surface area contributed by atoms with Crippen molar-refractivity contribution in [1.82, 2.24) is 5.43 Å². The lowest BCUT2D eigenvalue weighted by Crippen LogP contribution is -2.30. The quantitative estimate of drug-likeness (QED) is 0.626. The Kier molecular flexibility index (Phi) is 5.40. The molecule has 1 saturated heterocycles. The Balaban J connectivity index is 1.62. The fraction of sp³-hybridized carbons (Fsp3) is 0.250. The molecule has 7 nitrogen and oxygen atoms in total. The maximum atomic E-state index is 12.3. The first-order chi connectivity index (χ1) is 13.0. The smallest absolute Gasteiger partial charge is 0.245 e. The molecule has 1 aliphatic heterocycles. The van der Waals surface area contributed by atoms with E-state index in [1.165, 1.54) is 13.3 Å². The van der Waals surface area contributed by atoms with E-state index in [0.29, 0.717) is 17.9 Å². The second-order valence-corrected chi connectivity index (χ2v) is 6.37. The zero-order valence-corrected chi connectivity index (χ0v) is 15.2. The third kappa shape index (κ3) is 4.08. The number of aryl methyl sites for hydroxylation is 1. The molecule has 1 fully saturated rings. The average Bonchev–Trinajstić information content (AvgIpc) is 3.05. The van der Waals surface area contributed by atoms with E-state index in [-0.39, 0.29) is 24.0 Å². The lowest BCUT2D eigenvalue weighted by atomic mass is 10.1. The molecule has 0 aromatic heterocycles. The number of anilines is 1. The van der Waals surface area contributed by atoms with Crippen molar-refractivity contribution in [3.8, 4) is 11.5 Å². The fourth-order valence-electron chi connectivity index (χ4n) is 2.92. The van der Waals surface area contributed by atoms with Crippen molar-refractivity contribution in [3.05, 3.63) is 53.6 Å². The third-order valence-electron chi connectivity index (χ3n) is 4.47. The Morgan fingerprint density at radius 2 is 2.04 bits per heavy atom. The molecule has 140 valence electrons. The van der Waals surface area contributed by atoms with Crippen LogP contribution in [-0.2, 0) is 9.59 Å². The Morgan fingerprint density at radius 1 is 1.30 bits per heavy atom. The van der Waals surface area contributed by atoms with Gasteiger partial charge < -0.3 is 14.7 Å². The molecular weight excluding hydrogens is 346 g/mol. The van der Waals surface area contributed by atoms with Crippen LogP contribution in [0.15, 0.2) is 47.6 Å². The minimum Gasteiger partial charge on any atom is -0.504 e. The molecule has 1 atom stereocenters. The molecule has 0 unspecified atom stereocenters. The van der Waals surface area contributed by atoms with Gasteiger partial charge in [-0.1, -0.05) is 23.8 Å². The van der Waals surface area contributed by atoms with Crippen LogP contribution in [0, 0.1) is 12.8 Å². The maximum absolute atomic E-state index is 12.3. The molecule has 2 aromatic carbocycles. The van der Waals surface area contributed by atoms with Crippen LogP contribution in [0.1, 0.15) is 17.5 Å². The molecule has 0 saturated carbocycles. The zero-order chi connectivity index (χ0) is 19.4. The SMILES string of the molecule is COc1cccc(/C=N/NC(=O)[C@@H]2CC(=O)N(c3ccc(C)cc3)C2)c1O. The van der Waals surface area contributed by atoms with Crippen LogP contribution in [0.4, 0.5) is 5.69 Å². The van der Waals surface area contributed by atoms with Crippen molar-refractivity contribution in [1.29, 1.82) is 0 Å². The predicted molar refractivity (Wildman–Crippen MR) is 102 cm³/mol. The molecule has 2 amide bonds. The van der Waals surface area contributed by atoms with Crippen molar-refractivity contribution in [3.63, 3.8) is 0 Å². The maximum Gasteiger partial charge on any atom is 0.245 e. The highest BCUT2D eigenvalue weighted by molar-refractivity contribution is 6.00. The number of amides is 2. The lowest BCUT2D eigenvalue weighted by Gasteiger charge is -2.16. The number of ether oxygens (including phenoxy) is 1. The van der Waals surface area contributed by atoms with Crippen molar-refractivity contribution in [2.75, 3.05) is 18.6 Å². The number of carbonyl (C=O) groups is 2. The number of hydrazone groups is 1. The summed E-state index contributed by atoms with van der Waals surface area (Å²) in [6, 6.07) is 12.6. The second kappa shape index (κ2) is 7.90. The summed E-state index contributed by atoms with van der Waals surface area (Å²) in [7, 11) is 1.45. The molecule has 7 heteroatoms. The number of nitrogens with zero attached hydrogens (tertiary/aromatic N) is 2. The number of para-hydroxylation sites is 1. The Bertz CT molecular complexity index is 877. The molecular formula is C20H21N3O4. The molecule has 27 heavy (non-hydrogen) atoms. The Hall–Kier alpha value is -3.35. The number of nitrogens with one attached hydrogen (secondary N) is 1. The van der Waals surface area contributed by atoms with E-state index in [1.54, 1.807) is 23.1 Å². The standard InChI is InChI=1S/C20H21N3O4/c1-13-6-8-16(9-7-13)23-12-15(10-18(23)24)20(26)22-21-11-14-4-3-5-17(27-2)19(14)25/h3-9,11,15,25H,10,12H2,1-2H3,(H,22,26)/b21-11+/t15-/m1/s1. The largest absolute Gasteiger partial charge is 0.504 e. The van der Waals surface area contributed by atoms with Gasteiger partial charge >= 0.3 is 0 Å². The monoisotopic (exact) mass is 367 g/mol. The molecule has 0 bridgehead atoms. The summed E-state index contributed by atoms with van der Waals surface area (Å²) in [5, 5.41) is 13.9. The summed E-state index contributed by atoms with van der Waals surface area (Å²) >= 11 is 0. The van der Waals surface area contributed by atoms with Gasteiger partial charge in [-0.15, -0.1) is 0 Å². The van der Waals surface area contributed by atoms with Crippen LogP contribution in [0.5, 0.6) is 11.5 Å². The Labute approximate surface area is 157 Å². The van der Waals surface area contributed by atoms with Gasteiger partial charge in [0.2, 0.25) is 11.8 Å². The van der Waals surface area contributed by atoms with Crippen molar-refractivity contribution < 1.29 is 19.4 Å². The first-order valence-corrected chi connectivity index (χ1v) is 8.55. The van der Waals surface area contributed by atoms with Crippen molar-refractivity contribution in [2.24, 2.45) is 11.0 Å². The van der Waals surface area contributed by atoms with Gasteiger partial charge in [0, 0.05) is 24.2 Å². The van der Waals surface area contributed by atoms with Gasteiger partial charge in [0.1, 0.15) is 0 Å². The molecule has 0 aliphatic carbocycles. The highest BCUT2D eigenvalue weighted by Gasteiger charge is 2.35. The summed E-state index contributed by atoms with van der Waals surface area (Å²) < 4.78 is 5.03. The fourth-order valence-corrected chi connectivity index (χ4v) is 2.92. The van der Waals surface area contributed by atoms with E-state index in [2.05, 4.69) is 10.5 Å². The summed E-state index contributed by atoms with van der Waals surface area (Å²) in [5.41, 5.74) is 4.74. The van der Waals surface area contributed by atoms with Crippen LogP contribution in [-0.4, -0.2) is 36.8 Å². The first-order valence-electron chi connectivity index (χ1n) is 8.55. The van der Waals surface area contributed by atoms with Crippen LogP contribution in [0.3, 0.4) is 0 Å². The molecule has 0 spiro atoms. The minimum atomic E-state index is -0.477. The number of phenolic OH excluding ortho intramolecular Hbond substituents is 1. The first kappa shape index (κ1) is 18.4. The average molecular weight is 367 g/mol. The molecule has 2 aromatic rings. The van der Waals surface area contributed by atoms with Crippen LogP contribution >= 0.6 is 0 Å². The molecule has 1 aliphatic rings. The van der Waals surface area contributed by atoms with E-state index in [1.807, 2.05) is 31.2 Å². The lowest BCUT2D eigenvalue weighted by molar-refractivity contribution is -0.126. The van der Waals surface area contributed by atoms with Gasteiger partial charge in [0.25, 0.3) is 0 Å². The van der Waals surface area contributed by atoms with Gasteiger partial charge in [-0.05, 0) is 31.2 Å². The number of aromatic hydroxyl groups is 1. The number of benzene rings is 2. The van der Waals surface area contributed by atoms with Gasteiger partial charge in [-0.25, -0.2) is 5.43 Å². The van der Waals surface area contributed by atoms with E-state index in [9.17, 15) is 14.7 Å². The normalized spacial score (nSPS) is 16.7. The summed E-state index contributed by atoms with van der Waals surface area (Å²) in [6.45, 7) is 2.29. The number of methoxy groups -OCH3 is 1. The highest BCUT2D eigenvalue weighted by atomic mass is 16.5. The van der Waals surface area contributed by atoms with E-state index in [0.717, 1.165) is 11.3 Å². The van der Waals surface area contributed by atoms with E-state index < -0.39 is 5.92 Å². The highest BCUT2D eigenvalue weighted by Crippen LogP contribution is 2.28. The predicted octanol–water partition coefficient (Wildman–Crippen LogP) is 2.21. The number of carbonyl (C=O) groups excluding carboxylic acids is 2. The van der Waals surface area contributed by atoms with Gasteiger partial charge in [-0.2, -0.15) is 5.10 Å². The van der Waals surface area contributed by atoms with Gasteiger partial charge in [-0.3, -0.25) is 9.59 Å². The number of phenols is 1. The third-order valence-corrected chi connectivity index (χ3v) is 4.47. The van der Waals surface area contributed by atoms with E-state index >= 15 is 0 Å².